The highest BCUT2D eigenvalue weighted by molar-refractivity contribution is 6.31. The topological polar surface area (TPSA) is 30.9 Å². The van der Waals surface area contributed by atoms with Crippen molar-refractivity contribution in [3.05, 3.63) is 70.6 Å². The molecule has 0 atom stereocenters. The van der Waals surface area contributed by atoms with Gasteiger partial charge in [0.25, 0.3) is 0 Å². The number of nitrogens with zero attached hydrogens (tertiary/aromatic N) is 1. The Morgan fingerprint density at radius 1 is 1.15 bits per heavy atom. The van der Waals surface area contributed by atoms with Crippen molar-refractivity contribution in [3.63, 3.8) is 0 Å². The van der Waals surface area contributed by atoms with Crippen LogP contribution in [0.4, 0.5) is 4.39 Å². The third-order valence-electron chi connectivity index (χ3n) is 3.39. The Bertz CT molecular complexity index is 764. The Morgan fingerprint density at radius 3 is 2.75 bits per heavy atom. The van der Waals surface area contributed by atoms with Gasteiger partial charge in [-0.15, -0.1) is 0 Å². The van der Waals surface area contributed by atoms with Crippen molar-refractivity contribution in [2.45, 2.75) is 13.1 Å². The lowest BCUT2D eigenvalue weighted by Gasteiger charge is -2.06. The molecule has 0 saturated carbocycles. The average molecular weight is 289 g/mol. The van der Waals surface area contributed by atoms with Gasteiger partial charge in [-0.3, -0.25) is 0 Å². The van der Waals surface area contributed by atoms with E-state index in [2.05, 4.69) is 4.57 Å². The van der Waals surface area contributed by atoms with Crippen LogP contribution >= 0.6 is 11.6 Å². The number of fused-ring (bicyclic) bond motifs is 1. The molecule has 0 radical (unpaired) electrons. The van der Waals surface area contributed by atoms with Crippen molar-refractivity contribution in [1.29, 1.82) is 0 Å². The number of rotatable bonds is 3. The SMILES string of the molecule is NCc1cn(Cc2cccc(F)c2)c2cc(Cl)ccc12. The lowest BCUT2D eigenvalue weighted by molar-refractivity contribution is 0.624. The van der Waals surface area contributed by atoms with Gasteiger partial charge in [0.15, 0.2) is 0 Å². The lowest BCUT2D eigenvalue weighted by atomic mass is 10.2. The Kier molecular flexibility index (Phi) is 3.47. The molecule has 4 heteroatoms. The maximum absolute atomic E-state index is 13.3. The fourth-order valence-electron chi connectivity index (χ4n) is 2.47. The first-order chi connectivity index (χ1) is 9.67. The second kappa shape index (κ2) is 5.27. The third kappa shape index (κ3) is 2.42. The van der Waals surface area contributed by atoms with E-state index >= 15 is 0 Å². The fraction of sp³-hybridized carbons (Fsp3) is 0.125. The quantitative estimate of drug-likeness (QED) is 0.777. The van der Waals surface area contributed by atoms with Gasteiger partial charge in [-0.2, -0.15) is 0 Å². The molecule has 0 aliphatic rings. The van der Waals surface area contributed by atoms with E-state index in [1.807, 2.05) is 30.5 Å². The maximum atomic E-state index is 13.3. The molecular formula is C16H14ClFN2. The third-order valence-corrected chi connectivity index (χ3v) is 3.62. The van der Waals surface area contributed by atoms with Gasteiger partial charge in [-0.05, 0) is 35.4 Å². The zero-order valence-electron chi connectivity index (χ0n) is 10.8. The molecule has 0 aliphatic heterocycles. The number of hydrogen-bond acceptors (Lipinski definition) is 1. The predicted molar refractivity (Wildman–Crippen MR) is 80.3 cm³/mol. The maximum Gasteiger partial charge on any atom is 0.123 e. The summed E-state index contributed by atoms with van der Waals surface area (Å²) in [7, 11) is 0. The van der Waals surface area contributed by atoms with E-state index in [0.29, 0.717) is 18.1 Å². The fourth-order valence-corrected chi connectivity index (χ4v) is 2.63. The normalized spacial score (nSPS) is 11.2. The Balaban J connectivity index is 2.09. The van der Waals surface area contributed by atoms with Crippen LogP contribution in [0.3, 0.4) is 0 Å². The van der Waals surface area contributed by atoms with Gasteiger partial charge in [0.05, 0.1) is 5.52 Å². The molecule has 2 N–H and O–H groups in total. The van der Waals surface area contributed by atoms with Gasteiger partial charge in [0.1, 0.15) is 5.82 Å². The Hall–Kier alpha value is -1.84. The molecule has 0 amide bonds. The van der Waals surface area contributed by atoms with Crippen molar-refractivity contribution in [3.8, 4) is 0 Å². The highest BCUT2D eigenvalue weighted by atomic mass is 35.5. The summed E-state index contributed by atoms with van der Waals surface area (Å²) in [6.45, 7) is 1.06. The molecule has 2 nitrogen and oxygen atoms in total. The van der Waals surface area contributed by atoms with Crippen LogP contribution in [0.5, 0.6) is 0 Å². The second-order valence-electron chi connectivity index (χ2n) is 4.78. The molecule has 3 aromatic rings. The minimum absolute atomic E-state index is 0.226. The standard InChI is InChI=1S/C16H14ClFN2/c17-13-4-5-15-12(8-19)10-20(16(15)7-13)9-11-2-1-3-14(18)6-11/h1-7,10H,8-9,19H2. The summed E-state index contributed by atoms with van der Waals surface area (Å²) in [6, 6.07) is 12.3. The van der Waals surface area contributed by atoms with Crippen molar-refractivity contribution in [2.24, 2.45) is 5.73 Å². The summed E-state index contributed by atoms with van der Waals surface area (Å²) in [4.78, 5) is 0. The molecule has 102 valence electrons. The first kappa shape index (κ1) is 13.2. The first-order valence-electron chi connectivity index (χ1n) is 6.39. The van der Waals surface area contributed by atoms with E-state index in [1.54, 1.807) is 12.1 Å². The molecule has 0 bridgehead atoms. The van der Waals surface area contributed by atoms with E-state index in [1.165, 1.54) is 6.07 Å². The molecule has 0 fully saturated rings. The van der Waals surface area contributed by atoms with Crippen LogP contribution in [-0.2, 0) is 13.1 Å². The van der Waals surface area contributed by atoms with E-state index in [-0.39, 0.29) is 5.82 Å². The van der Waals surface area contributed by atoms with Gasteiger partial charge in [0.2, 0.25) is 0 Å². The van der Waals surface area contributed by atoms with Crippen molar-refractivity contribution in [2.75, 3.05) is 0 Å². The molecule has 0 unspecified atom stereocenters. The Labute approximate surface area is 121 Å². The minimum Gasteiger partial charge on any atom is -0.343 e. The highest BCUT2D eigenvalue weighted by Gasteiger charge is 2.08. The summed E-state index contributed by atoms with van der Waals surface area (Å²) in [5.74, 6) is -0.226. The van der Waals surface area contributed by atoms with Crippen LogP contribution in [-0.4, -0.2) is 4.57 Å². The van der Waals surface area contributed by atoms with Crippen LogP contribution in [0, 0.1) is 5.82 Å². The van der Waals surface area contributed by atoms with Crippen LogP contribution in [0.25, 0.3) is 10.9 Å². The average Bonchev–Trinajstić information content (AvgIpc) is 2.76. The van der Waals surface area contributed by atoms with E-state index in [4.69, 9.17) is 17.3 Å². The van der Waals surface area contributed by atoms with Crippen LogP contribution in [0.1, 0.15) is 11.1 Å². The monoisotopic (exact) mass is 288 g/mol. The zero-order valence-corrected chi connectivity index (χ0v) is 11.6. The second-order valence-corrected chi connectivity index (χ2v) is 5.21. The van der Waals surface area contributed by atoms with Crippen LogP contribution in [0.2, 0.25) is 5.02 Å². The summed E-state index contributed by atoms with van der Waals surface area (Å²) >= 11 is 6.07. The smallest absolute Gasteiger partial charge is 0.123 e. The highest BCUT2D eigenvalue weighted by Crippen LogP contribution is 2.25. The van der Waals surface area contributed by atoms with Gasteiger partial charge in [0, 0.05) is 29.7 Å². The molecule has 2 aromatic carbocycles. The van der Waals surface area contributed by atoms with Crippen LogP contribution < -0.4 is 5.73 Å². The molecule has 1 heterocycles. The van der Waals surface area contributed by atoms with Gasteiger partial charge in [-0.25, -0.2) is 4.39 Å². The first-order valence-corrected chi connectivity index (χ1v) is 6.77. The molecule has 3 rings (SSSR count). The summed E-state index contributed by atoms with van der Waals surface area (Å²) < 4.78 is 15.3. The molecule has 20 heavy (non-hydrogen) atoms. The van der Waals surface area contributed by atoms with Gasteiger partial charge < -0.3 is 10.3 Å². The minimum atomic E-state index is -0.226. The lowest BCUT2D eigenvalue weighted by Crippen LogP contribution is -1.99. The molecule has 0 saturated heterocycles. The largest absolute Gasteiger partial charge is 0.343 e. The van der Waals surface area contributed by atoms with Crippen molar-refractivity contribution < 1.29 is 4.39 Å². The molecule has 0 aliphatic carbocycles. The van der Waals surface area contributed by atoms with E-state index in [9.17, 15) is 4.39 Å². The summed E-state index contributed by atoms with van der Waals surface area (Å²) in [5, 5.41) is 1.77. The Morgan fingerprint density at radius 2 is 2.00 bits per heavy atom. The molecule has 0 spiro atoms. The molecular weight excluding hydrogens is 275 g/mol. The number of nitrogens with two attached hydrogens (primary N) is 1. The predicted octanol–water partition coefficient (Wildman–Crippen LogP) is 3.94. The van der Waals surface area contributed by atoms with Crippen molar-refractivity contribution >= 4 is 22.5 Å². The van der Waals surface area contributed by atoms with E-state index < -0.39 is 0 Å². The van der Waals surface area contributed by atoms with Gasteiger partial charge >= 0.3 is 0 Å². The zero-order chi connectivity index (χ0) is 14.1. The molecule has 1 aromatic heterocycles. The van der Waals surface area contributed by atoms with Gasteiger partial charge in [-0.1, -0.05) is 29.8 Å². The summed E-state index contributed by atoms with van der Waals surface area (Å²) in [5.41, 5.74) is 8.77. The van der Waals surface area contributed by atoms with Crippen molar-refractivity contribution in [1.82, 2.24) is 4.57 Å². The number of halogens is 2. The number of benzene rings is 2. The summed E-state index contributed by atoms with van der Waals surface area (Å²) in [6.07, 6.45) is 2.01. The van der Waals surface area contributed by atoms with E-state index in [0.717, 1.165) is 22.0 Å². The van der Waals surface area contributed by atoms with Crippen LogP contribution in [0.15, 0.2) is 48.7 Å². The number of aromatic nitrogens is 1. The number of hydrogen-bond donors (Lipinski definition) is 1.